The SMILES string of the molecule is Cl.FC1CN(C(c2ccccc2)c2ccccc2)C1.OC1CN(C(c2ccccc2)c2ccccc2)C1. The zero-order chi connectivity index (χ0) is 24.7. The molecule has 2 aliphatic heterocycles. The van der Waals surface area contributed by atoms with Gasteiger partial charge < -0.3 is 5.11 Å². The van der Waals surface area contributed by atoms with Gasteiger partial charge in [-0.1, -0.05) is 121 Å². The summed E-state index contributed by atoms with van der Waals surface area (Å²) in [5, 5.41) is 9.52. The summed E-state index contributed by atoms with van der Waals surface area (Å²) in [6.45, 7) is 2.59. The quantitative estimate of drug-likeness (QED) is 0.325. The number of aliphatic hydroxyl groups is 1. The third-order valence-corrected chi connectivity index (χ3v) is 6.95. The molecular weight excluding hydrogens is 483 g/mol. The number of benzene rings is 4. The molecule has 4 aromatic carbocycles. The maximum Gasteiger partial charge on any atom is 0.125 e. The summed E-state index contributed by atoms with van der Waals surface area (Å²) in [4.78, 5) is 4.50. The lowest BCUT2D eigenvalue weighted by Gasteiger charge is -2.42. The van der Waals surface area contributed by atoms with Crippen LogP contribution in [0.2, 0.25) is 0 Å². The van der Waals surface area contributed by atoms with Gasteiger partial charge in [-0.3, -0.25) is 9.80 Å². The molecule has 1 N–H and O–H groups in total. The predicted octanol–water partition coefficient (Wildman–Crippen LogP) is 6.30. The molecule has 192 valence electrons. The van der Waals surface area contributed by atoms with E-state index in [-0.39, 0.29) is 30.6 Å². The van der Waals surface area contributed by atoms with Crippen LogP contribution in [-0.4, -0.2) is 53.4 Å². The average molecular weight is 517 g/mol. The van der Waals surface area contributed by atoms with E-state index in [2.05, 4.69) is 82.6 Å². The number of halogens is 2. The molecule has 37 heavy (non-hydrogen) atoms. The average Bonchev–Trinajstić information content (AvgIpc) is 2.90. The van der Waals surface area contributed by atoms with Crippen LogP contribution in [0.3, 0.4) is 0 Å². The third kappa shape index (κ3) is 6.65. The number of aliphatic hydroxyl groups excluding tert-OH is 1. The van der Waals surface area contributed by atoms with Gasteiger partial charge in [-0.2, -0.15) is 0 Å². The lowest BCUT2D eigenvalue weighted by Crippen LogP contribution is -2.52. The molecule has 2 aliphatic rings. The van der Waals surface area contributed by atoms with E-state index in [0.717, 1.165) is 13.1 Å². The van der Waals surface area contributed by atoms with Crippen LogP contribution in [0, 0.1) is 0 Å². The first-order valence-electron chi connectivity index (χ1n) is 12.7. The van der Waals surface area contributed by atoms with E-state index >= 15 is 0 Å². The highest BCUT2D eigenvalue weighted by molar-refractivity contribution is 5.85. The Balaban J connectivity index is 0.000000168. The van der Waals surface area contributed by atoms with Gasteiger partial charge in [-0.05, 0) is 22.3 Å². The summed E-state index contributed by atoms with van der Waals surface area (Å²) in [7, 11) is 0. The second-order valence-corrected chi connectivity index (χ2v) is 9.61. The maximum atomic E-state index is 13.1. The van der Waals surface area contributed by atoms with Crippen molar-refractivity contribution < 1.29 is 9.50 Å². The summed E-state index contributed by atoms with van der Waals surface area (Å²) >= 11 is 0. The van der Waals surface area contributed by atoms with E-state index in [9.17, 15) is 9.50 Å². The molecule has 0 bridgehead atoms. The van der Waals surface area contributed by atoms with Crippen molar-refractivity contribution in [1.29, 1.82) is 0 Å². The van der Waals surface area contributed by atoms with Gasteiger partial charge in [-0.25, -0.2) is 4.39 Å². The Morgan fingerprint density at radius 1 is 0.514 bits per heavy atom. The first kappa shape index (κ1) is 27.0. The second kappa shape index (κ2) is 13.0. The molecule has 6 rings (SSSR count). The van der Waals surface area contributed by atoms with E-state index in [1.807, 2.05) is 48.5 Å². The van der Waals surface area contributed by atoms with Crippen LogP contribution < -0.4 is 0 Å². The van der Waals surface area contributed by atoms with Crippen molar-refractivity contribution in [3.05, 3.63) is 144 Å². The van der Waals surface area contributed by atoms with Gasteiger partial charge in [0.2, 0.25) is 0 Å². The minimum absolute atomic E-state index is 0. The van der Waals surface area contributed by atoms with Gasteiger partial charge in [0, 0.05) is 26.2 Å². The molecule has 0 saturated carbocycles. The fourth-order valence-corrected chi connectivity index (χ4v) is 5.13. The van der Waals surface area contributed by atoms with Crippen LogP contribution in [0.5, 0.6) is 0 Å². The fraction of sp³-hybridized carbons (Fsp3) is 0.250. The molecule has 2 fully saturated rings. The molecule has 2 heterocycles. The predicted molar refractivity (Wildman–Crippen MR) is 151 cm³/mol. The van der Waals surface area contributed by atoms with E-state index in [1.165, 1.54) is 22.3 Å². The van der Waals surface area contributed by atoms with Crippen molar-refractivity contribution in [2.24, 2.45) is 0 Å². The lowest BCUT2D eigenvalue weighted by atomic mass is 9.94. The molecule has 0 aliphatic carbocycles. The Bertz CT molecular complexity index is 1010. The molecule has 4 aromatic rings. The minimum atomic E-state index is -0.667. The zero-order valence-electron chi connectivity index (χ0n) is 20.8. The molecule has 0 amide bonds. The van der Waals surface area contributed by atoms with E-state index < -0.39 is 6.17 Å². The first-order chi connectivity index (χ1) is 17.7. The number of likely N-dealkylation sites (tertiary alicyclic amines) is 2. The third-order valence-electron chi connectivity index (χ3n) is 6.95. The highest BCUT2D eigenvalue weighted by Crippen LogP contribution is 2.33. The Morgan fingerprint density at radius 2 is 0.784 bits per heavy atom. The molecule has 0 aromatic heterocycles. The van der Waals surface area contributed by atoms with Crippen molar-refractivity contribution >= 4 is 12.4 Å². The van der Waals surface area contributed by atoms with E-state index in [0.29, 0.717) is 13.1 Å². The monoisotopic (exact) mass is 516 g/mol. The highest BCUT2D eigenvalue weighted by Gasteiger charge is 2.34. The van der Waals surface area contributed by atoms with Crippen molar-refractivity contribution in [2.45, 2.75) is 24.4 Å². The molecule has 0 spiro atoms. The summed E-state index contributed by atoms with van der Waals surface area (Å²) < 4.78 is 13.1. The molecule has 5 heteroatoms. The summed E-state index contributed by atoms with van der Waals surface area (Å²) in [6.07, 6.45) is -0.833. The molecule has 0 unspecified atom stereocenters. The number of rotatable bonds is 6. The molecule has 3 nitrogen and oxygen atoms in total. The number of β-amino-alcohol motifs (C(OH)–C–C–N with tert-alkyl or cyclic N) is 1. The standard InChI is InChI=1S/C16H16FN.C16H17NO.ClH/c17-15-11-18(12-15)16(13-7-3-1-4-8-13)14-9-5-2-6-10-14;18-15-11-17(12-15)16(13-7-3-1-4-8-13)14-9-5-2-6-10-14;/h1-10,15-16H,11-12H2;1-10,15-16,18H,11-12H2;1H. The van der Waals surface area contributed by atoms with E-state index in [4.69, 9.17) is 0 Å². The van der Waals surface area contributed by atoms with Gasteiger partial charge in [0.05, 0.1) is 18.2 Å². The van der Waals surface area contributed by atoms with Gasteiger partial charge in [0.25, 0.3) is 0 Å². The summed E-state index contributed by atoms with van der Waals surface area (Å²) in [6, 6.07) is 42.1. The van der Waals surface area contributed by atoms with Crippen molar-refractivity contribution in [2.75, 3.05) is 26.2 Å². The normalized spacial score (nSPS) is 16.3. The van der Waals surface area contributed by atoms with Gasteiger partial charge in [0.15, 0.2) is 0 Å². The highest BCUT2D eigenvalue weighted by atomic mass is 35.5. The lowest BCUT2D eigenvalue weighted by molar-refractivity contribution is -0.0160. The Kier molecular flexibility index (Phi) is 9.48. The van der Waals surface area contributed by atoms with Gasteiger partial charge in [-0.15, -0.1) is 12.4 Å². The van der Waals surface area contributed by atoms with Crippen LogP contribution >= 0.6 is 12.4 Å². The minimum Gasteiger partial charge on any atom is -0.390 e. The maximum absolute atomic E-state index is 13.1. The van der Waals surface area contributed by atoms with Crippen molar-refractivity contribution in [3.63, 3.8) is 0 Å². The second-order valence-electron chi connectivity index (χ2n) is 9.61. The summed E-state index contributed by atoms with van der Waals surface area (Å²) in [5.74, 6) is 0. The van der Waals surface area contributed by atoms with Gasteiger partial charge >= 0.3 is 0 Å². The number of nitrogens with zero attached hydrogens (tertiary/aromatic N) is 2. The van der Waals surface area contributed by atoms with Crippen LogP contribution in [0.15, 0.2) is 121 Å². The molecule has 2 saturated heterocycles. The van der Waals surface area contributed by atoms with Crippen molar-refractivity contribution in [1.82, 2.24) is 9.80 Å². The number of alkyl halides is 1. The van der Waals surface area contributed by atoms with E-state index in [1.54, 1.807) is 0 Å². The van der Waals surface area contributed by atoms with Crippen LogP contribution in [0.25, 0.3) is 0 Å². The molecule has 0 radical (unpaired) electrons. The summed E-state index contributed by atoms with van der Waals surface area (Å²) in [5.41, 5.74) is 5.04. The van der Waals surface area contributed by atoms with Gasteiger partial charge in [0.1, 0.15) is 6.17 Å². The first-order valence-corrected chi connectivity index (χ1v) is 12.7. The number of hydrogen-bond acceptors (Lipinski definition) is 3. The fourth-order valence-electron chi connectivity index (χ4n) is 5.13. The van der Waals surface area contributed by atoms with Crippen molar-refractivity contribution in [3.8, 4) is 0 Å². The van der Waals surface area contributed by atoms with Crippen LogP contribution in [0.4, 0.5) is 4.39 Å². The van der Waals surface area contributed by atoms with Crippen LogP contribution in [-0.2, 0) is 0 Å². The van der Waals surface area contributed by atoms with Crippen LogP contribution in [0.1, 0.15) is 34.3 Å². The topological polar surface area (TPSA) is 26.7 Å². The Hall–Kier alpha value is -3.02. The Labute approximate surface area is 225 Å². The smallest absolute Gasteiger partial charge is 0.125 e. The molecular formula is C32H34ClFN2O. The number of hydrogen-bond donors (Lipinski definition) is 1. The molecule has 0 atom stereocenters. The Morgan fingerprint density at radius 3 is 1.03 bits per heavy atom. The zero-order valence-corrected chi connectivity index (χ0v) is 21.6. The largest absolute Gasteiger partial charge is 0.390 e.